The molecule has 0 bridgehead atoms. The summed E-state index contributed by atoms with van der Waals surface area (Å²) in [4.78, 5) is 10.9. The Bertz CT molecular complexity index is 282. The Morgan fingerprint density at radius 2 is 2.17 bits per heavy atom. The molecule has 0 aromatic rings. The molecule has 0 N–H and O–H groups in total. The monoisotopic (exact) mass is 520 g/mol. The molecule has 0 saturated carbocycles. The quantitative estimate of drug-likeness (QED) is 0.291. The van der Waals surface area contributed by atoms with Crippen molar-refractivity contribution < 1.29 is 4.79 Å². The van der Waals surface area contributed by atoms with Gasteiger partial charge in [0.25, 0.3) is 0 Å². The van der Waals surface area contributed by atoms with E-state index in [-0.39, 0.29) is 5.24 Å². The first-order chi connectivity index (χ1) is 5.52. The molecule has 1 atom stereocenters. The van der Waals surface area contributed by atoms with E-state index >= 15 is 0 Å². The lowest BCUT2D eigenvalue weighted by molar-refractivity contribution is -0.108. The Kier molecular flexibility index (Phi) is 4.80. The fraction of sp³-hybridized carbons (Fsp3) is 0.286. The molecule has 1 unspecified atom stereocenters. The van der Waals surface area contributed by atoms with Crippen LogP contribution in [-0.4, -0.2) is 9.17 Å². The highest BCUT2D eigenvalue weighted by Gasteiger charge is 2.21. The molecule has 1 aliphatic carbocycles. The SMILES string of the molecule is O=C(Cl)C1=CC(I)=C(I)C(I)C1. The zero-order valence-electron chi connectivity index (χ0n) is 5.78. The normalized spacial score (nSPS) is 24.0. The van der Waals surface area contributed by atoms with Gasteiger partial charge in [0.15, 0.2) is 0 Å². The maximum Gasteiger partial charge on any atom is 0.248 e. The van der Waals surface area contributed by atoms with Crippen molar-refractivity contribution >= 4 is 84.6 Å². The second kappa shape index (κ2) is 4.92. The summed E-state index contributed by atoms with van der Waals surface area (Å²) in [5, 5.41) is -0.324. The summed E-state index contributed by atoms with van der Waals surface area (Å²) in [5.41, 5.74) is 0.723. The van der Waals surface area contributed by atoms with Gasteiger partial charge in [-0.2, -0.15) is 0 Å². The summed E-state index contributed by atoms with van der Waals surface area (Å²) in [5.74, 6) is 0. The third kappa shape index (κ3) is 2.81. The van der Waals surface area contributed by atoms with E-state index in [2.05, 4.69) is 67.8 Å². The molecule has 0 spiro atoms. The second-order valence-electron chi connectivity index (χ2n) is 2.31. The van der Waals surface area contributed by atoms with E-state index < -0.39 is 0 Å². The fourth-order valence-electron chi connectivity index (χ4n) is 0.850. The van der Waals surface area contributed by atoms with Gasteiger partial charge < -0.3 is 0 Å². The Labute approximate surface area is 117 Å². The first-order valence-corrected chi connectivity index (χ1v) is 6.90. The smallest absolute Gasteiger partial charge is 0.248 e. The molecule has 0 amide bonds. The van der Waals surface area contributed by atoms with Crippen molar-refractivity contribution in [2.45, 2.75) is 10.3 Å². The maximum atomic E-state index is 10.9. The van der Waals surface area contributed by atoms with Crippen LogP contribution in [0.15, 0.2) is 18.8 Å². The number of hydrogen-bond donors (Lipinski definition) is 0. The number of carbonyl (C=O) groups is 1. The van der Waals surface area contributed by atoms with E-state index in [1.807, 2.05) is 6.08 Å². The molecular weight excluding hydrogens is 516 g/mol. The van der Waals surface area contributed by atoms with Crippen LogP contribution in [0.2, 0.25) is 0 Å². The van der Waals surface area contributed by atoms with Crippen molar-refractivity contribution in [1.82, 2.24) is 0 Å². The summed E-state index contributed by atoms with van der Waals surface area (Å²) >= 11 is 12.3. The van der Waals surface area contributed by atoms with Crippen LogP contribution < -0.4 is 0 Å². The number of halogens is 4. The Balaban J connectivity index is 2.98. The highest BCUT2D eigenvalue weighted by molar-refractivity contribution is 14.1. The van der Waals surface area contributed by atoms with Gasteiger partial charge in [0.2, 0.25) is 5.24 Å². The van der Waals surface area contributed by atoms with Gasteiger partial charge in [-0.25, -0.2) is 0 Å². The molecule has 5 heteroatoms. The van der Waals surface area contributed by atoms with Crippen molar-refractivity contribution in [3.63, 3.8) is 0 Å². The number of hydrogen-bond acceptors (Lipinski definition) is 1. The molecule has 0 aliphatic heterocycles. The van der Waals surface area contributed by atoms with Crippen LogP contribution in [0.1, 0.15) is 6.42 Å². The average molecular weight is 520 g/mol. The average Bonchev–Trinajstić information content (AvgIpc) is 1.99. The van der Waals surface area contributed by atoms with E-state index in [1.54, 1.807) is 0 Å². The Morgan fingerprint density at radius 1 is 1.58 bits per heavy atom. The topological polar surface area (TPSA) is 17.1 Å². The largest absolute Gasteiger partial charge is 0.276 e. The predicted molar refractivity (Wildman–Crippen MR) is 76.4 cm³/mol. The molecule has 1 aliphatic rings. The minimum atomic E-state index is -0.324. The van der Waals surface area contributed by atoms with Crippen molar-refractivity contribution in [1.29, 1.82) is 0 Å². The molecule has 0 radical (unpaired) electrons. The van der Waals surface area contributed by atoms with E-state index in [4.69, 9.17) is 11.6 Å². The van der Waals surface area contributed by atoms with Crippen LogP contribution in [0.25, 0.3) is 0 Å². The molecule has 12 heavy (non-hydrogen) atoms. The standard InChI is InChI=1S/C7H4ClI3O/c8-7(12)3-1-4(9)6(11)5(10)2-3/h1,5H,2H2. The first-order valence-electron chi connectivity index (χ1n) is 3.12. The van der Waals surface area contributed by atoms with E-state index in [9.17, 15) is 4.79 Å². The number of allylic oxidation sites excluding steroid dienone is 4. The van der Waals surface area contributed by atoms with Crippen LogP contribution in [-0.2, 0) is 4.79 Å². The molecule has 1 rings (SSSR count). The van der Waals surface area contributed by atoms with Crippen molar-refractivity contribution in [2.24, 2.45) is 0 Å². The Hall–Kier alpha value is 1.63. The van der Waals surface area contributed by atoms with Gasteiger partial charge in [-0.15, -0.1) is 0 Å². The van der Waals surface area contributed by atoms with Gasteiger partial charge in [0, 0.05) is 16.7 Å². The van der Waals surface area contributed by atoms with Crippen molar-refractivity contribution in [3.8, 4) is 0 Å². The second-order valence-corrected chi connectivity index (χ2v) is 6.48. The third-order valence-corrected chi connectivity index (χ3v) is 7.21. The van der Waals surface area contributed by atoms with Crippen LogP contribution in [0.3, 0.4) is 0 Å². The summed E-state index contributed by atoms with van der Waals surface area (Å²) in [6.45, 7) is 0. The highest BCUT2D eigenvalue weighted by Crippen LogP contribution is 2.37. The zero-order chi connectivity index (χ0) is 9.30. The van der Waals surface area contributed by atoms with Gasteiger partial charge in [-0.3, -0.25) is 4.79 Å². The van der Waals surface area contributed by atoms with Gasteiger partial charge in [0.1, 0.15) is 0 Å². The molecule has 1 nitrogen and oxygen atoms in total. The van der Waals surface area contributed by atoms with Gasteiger partial charge in [-0.05, 0) is 69.3 Å². The van der Waals surface area contributed by atoms with Crippen molar-refractivity contribution in [2.75, 3.05) is 0 Å². The van der Waals surface area contributed by atoms with Crippen LogP contribution in [0, 0.1) is 0 Å². The molecular formula is C7H4ClI3O. The molecule has 0 fully saturated rings. The van der Waals surface area contributed by atoms with Gasteiger partial charge >= 0.3 is 0 Å². The summed E-state index contributed by atoms with van der Waals surface area (Å²) in [6, 6.07) is 0. The summed E-state index contributed by atoms with van der Waals surface area (Å²) in [6.07, 6.45) is 2.63. The number of alkyl halides is 1. The van der Waals surface area contributed by atoms with Crippen LogP contribution >= 0.6 is 79.4 Å². The third-order valence-electron chi connectivity index (χ3n) is 1.46. The zero-order valence-corrected chi connectivity index (χ0v) is 13.0. The van der Waals surface area contributed by atoms with E-state index in [0.717, 1.165) is 15.6 Å². The first kappa shape index (κ1) is 11.7. The molecule has 0 saturated heterocycles. The molecule has 66 valence electrons. The van der Waals surface area contributed by atoms with Gasteiger partial charge in [-0.1, -0.05) is 22.6 Å². The molecule has 0 aromatic heterocycles. The lowest BCUT2D eigenvalue weighted by Crippen LogP contribution is -2.09. The molecule has 0 aromatic carbocycles. The minimum Gasteiger partial charge on any atom is -0.276 e. The summed E-state index contributed by atoms with van der Waals surface area (Å²) in [7, 11) is 0. The van der Waals surface area contributed by atoms with E-state index in [1.165, 1.54) is 3.58 Å². The van der Waals surface area contributed by atoms with Gasteiger partial charge in [0.05, 0.1) is 0 Å². The predicted octanol–water partition coefficient (Wildman–Crippen LogP) is 3.97. The highest BCUT2D eigenvalue weighted by atomic mass is 127. The lowest BCUT2D eigenvalue weighted by Gasteiger charge is -2.16. The number of carbonyl (C=O) groups excluding carboxylic acids is 1. The fourth-order valence-corrected chi connectivity index (χ4v) is 3.52. The van der Waals surface area contributed by atoms with Crippen LogP contribution in [0.4, 0.5) is 0 Å². The molecule has 0 heterocycles. The minimum absolute atomic E-state index is 0.324. The number of rotatable bonds is 1. The van der Waals surface area contributed by atoms with E-state index in [0.29, 0.717) is 3.92 Å². The maximum absolute atomic E-state index is 10.9. The van der Waals surface area contributed by atoms with Crippen molar-refractivity contribution in [3.05, 3.63) is 18.8 Å². The lowest BCUT2D eigenvalue weighted by atomic mass is 10.1. The Morgan fingerprint density at radius 3 is 2.58 bits per heavy atom. The van der Waals surface area contributed by atoms with Crippen LogP contribution in [0.5, 0.6) is 0 Å². The summed E-state index contributed by atoms with van der Waals surface area (Å²) < 4.78 is 2.83.